The average molecular weight is 274 g/mol. The van der Waals surface area contributed by atoms with Gasteiger partial charge in [-0.05, 0) is 37.5 Å². The number of hydrogen-bond acceptors (Lipinski definition) is 3. The van der Waals surface area contributed by atoms with Gasteiger partial charge < -0.3 is 10.1 Å². The van der Waals surface area contributed by atoms with Crippen molar-refractivity contribution < 1.29 is 10.0 Å². The number of benzene rings is 1. The molecule has 0 aromatic heterocycles. The highest BCUT2D eigenvalue weighted by Crippen LogP contribution is 2.21. The Labute approximate surface area is 120 Å². The number of amides is 1. The Morgan fingerprint density at radius 2 is 2.20 bits per heavy atom. The fraction of sp³-hybridized carbons (Fsp3) is 0.500. The normalized spacial score (nSPS) is 21.2. The van der Waals surface area contributed by atoms with Crippen molar-refractivity contribution in [1.29, 1.82) is 0 Å². The minimum atomic E-state index is 0.0849. The highest BCUT2D eigenvalue weighted by Gasteiger charge is 2.28. The zero-order chi connectivity index (χ0) is 14.7. The number of aryl methyl sites for hydroxylation is 1. The summed E-state index contributed by atoms with van der Waals surface area (Å²) in [7, 11) is 0. The van der Waals surface area contributed by atoms with E-state index in [1.54, 1.807) is 0 Å². The molecule has 0 spiro atoms. The second kappa shape index (κ2) is 6.07. The molecule has 0 saturated carbocycles. The van der Waals surface area contributed by atoms with Crippen LogP contribution in [0.3, 0.4) is 0 Å². The fourth-order valence-electron chi connectivity index (χ4n) is 2.75. The van der Waals surface area contributed by atoms with Crippen molar-refractivity contribution in [2.75, 3.05) is 13.1 Å². The summed E-state index contributed by atoms with van der Waals surface area (Å²) in [5.74, 6) is 0.254. The number of hydrogen-bond donors (Lipinski definition) is 1. The van der Waals surface area contributed by atoms with E-state index < -0.39 is 0 Å². The molecular weight excluding hydrogens is 252 g/mol. The van der Waals surface area contributed by atoms with Crippen molar-refractivity contribution >= 4 is 11.6 Å². The van der Waals surface area contributed by atoms with Crippen molar-refractivity contribution in [1.82, 2.24) is 4.90 Å². The lowest BCUT2D eigenvalue weighted by Crippen LogP contribution is -2.44. The van der Waals surface area contributed by atoms with E-state index >= 15 is 0 Å². The number of nitrogens with zero attached hydrogens (tertiary/aromatic N) is 2. The summed E-state index contributed by atoms with van der Waals surface area (Å²) in [6, 6.07) is 5.84. The van der Waals surface area contributed by atoms with Gasteiger partial charge in [0.2, 0.25) is 0 Å². The highest BCUT2D eigenvalue weighted by molar-refractivity contribution is 5.97. The number of carbonyl (C=O) groups is 1. The predicted octanol–water partition coefficient (Wildman–Crippen LogP) is 3.01. The van der Waals surface area contributed by atoms with Gasteiger partial charge in [-0.3, -0.25) is 4.79 Å². The van der Waals surface area contributed by atoms with Gasteiger partial charge in [0.25, 0.3) is 5.91 Å². The van der Waals surface area contributed by atoms with Crippen molar-refractivity contribution in [2.45, 2.75) is 33.6 Å². The number of piperidine rings is 1. The average Bonchev–Trinajstić information content (AvgIpc) is 2.48. The first-order valence-corrected chi connectivity index (χ1v) is 7.14. The maximum atomic E-state index is 12.7. The van der Waals surface area contributed by atoms with Gasteiger partial charge in [-0.1, -0.05) is 24.2 Å². The molecular formula is C16H22N2O2. The molecule has 1 aromatic rings. The Morgan fingerprint density at radius 3 is 2.85 bits per heavy atom. The van der Waals surface area contributed by atoms with Crippen molar-refractivity contribution in [2.24, 2.45) is 11.1 Å². The molecule has 0 aliphatic carbocycles. The van der Waals surface area contributed by atoms with E-state index in [4.69, 9.17) is 5.21 Å². The van der Waals surface area contributed by atoms with Gasteiger partial charge >= 0.3 is 0 Å². The molecule has 1 atom stereocenters. The lowest BCUT2D eigenvalue weighted by atomic mass is 9.92. The van der Waals surface area contributed by atoms with E-state index in [2.05, 4.69) is 12.1 Å². The van der Waals surface area contributed by atoms with Crippen LogP contribution in [-0.2, 0) is 0 Å². The summed E-state index contributed by atoms with van der Waals surface area (Å²) < 4.78 is 0. The lowest BCUT2D eigenvalue weighted by Gasteiger charge is -2.33. The zero-order valence-corrected chi connectivity index (χ0v) is 12.4. The van der Waals surface area contributed by atoms with Crippen LogP contribution in [0.4, 0.5) is 0 Å². The summed E-state index contributed by atoms with van der Waals surface area (Å²) >= 11 is 0. The van der Waals surface area contributed by atoms with Crippen LogP contribution in [0.1, 0.15) is 41.3 Å². The fourth-order valence-corrected chi connectivity index (χ4v) is 2.75. The number of carbonyl (C=O) groups excluding carboxylic acids is 1. The molecule has 1 amide bonds. The van der Waals surface area contributed by atoms with E-state index in [-0.39, 0.29) is 11.8 Å². The maximum Gasteiger partial charge on any atom is 0.254 e. The van der Waals surface area contributed by atoms with Gasteiger partial charge in [-0.15, -0.1) is 0 Å². The molecule has 1 fully saturated rings. The number of likely N-dealkylation sites (tertiary alicyclic amines) is 1. The summed E-state index contributed by atoms with van der Waals surface area (Å²) in [4.78, 5) is 14.5. The van der Waals surface area contributed by atoms with Crippen LogP contribution in [0.25, 0.3) is 0 Å². The summed E-state index contributed by atoms with van der Waals surface area (Å²) in [6.45, 7) is 7.34. The third-order valence-corrected chi connectivity index (χ3v) is 4.29. The first-order chi connectivity index (χ1) is 9.58. The largest absolute Gasteiger partial charge is 0.411 e. The minimum Gasteiger partial charge on any atom is -0.411 e. The molecule has 4 heteroatoms. The predicted molar refractivity (Wildman–Crippen MR) is 79.4 cm³/mol. The minimum absolute atomic E-state index is 0.0849. The van der Waals surface area contributed by atoms with E-state index in [0.717, 1.165) is 28.8 Å². The molecule has 20 heavy (non-hydrogen) atoms. The summed E-state index contributed by atoms with van der Waals surface area (Å²) in [5, 5.41) is 12.4. The summed E-state index contributed by atoms with van der Waals surface area (Å²) in [6.07, 6.45) is 1.54. The van der Waals surface area contributed by atoms with Crippen molar-refractivity contribution in [3.8, 4) is 0 Å². The van der Waals surface area contributed by atoms with E-state index in [1.807, 2.05) is 36.9 Å². The maximum absolute atomic E-state index is 12.7. The second-order valence-corrected chi connectivity index (χ2v) is 5.45. The van der Waals surface area contributed by atoms with E-state index in [9.17, 15) is 4.79 Å². The second-order valence-electron chi connectivity index (χ2n) is 5.45. The quantitative estimate of drug-likeness (QED) is 0.666. The lowest BCUT2D eigenvalue weighted by molar-refractivity contribution is 0.0728. The van der Waals surface area contributed by atoms with Crippen molar-refractivity contribution in [3.05, 3.63) is 34.9 Å². The van der Waals surface area contributed by atoms with Crippen LogP contribution >= 0.6 is 0 Å². The highest BCUT2D eigenvalue weighted by atomic mass is 16.4. The molecule has 4 nitrogen and oxygen atoms in total. The smallest absolute Gasteiger partial charge is 0.254 e. The van der Waals surface area contributed by atoms with Crippen LogP contribution < -0.4 is 0 Å². The molecule has 0 radical (unpaired) electrons. The standard InChI is InChI=1S/C16H22N2O2/c1-4-13-10-18(9-8-15(13)17-20)16(19)14-7-5-6-11(2)12(14)3/h5-7,13,20H,4,8-10H2,1-3H3/b17-15+. The first-order valence-electron chi connectivity index (χ1n) is 7.14. The first kappa shape index (κ1) is 14.6. The topological polar surface area (TPSA) is 52.9 Å². The Morgan fingerprint density at radius 1 is 1.45 bits per heavy atom. The molecule has 1 aliphatic heterocycles. The van der Waals surface area contributed by atoms with Crippen LogP contribution in [0, 0.1) is 19.8 Å². The van der Waals surface area contributed by atoms with E-state index in [1.165, 1.54) is 0 Å². The van der Waals surface area contributed by atoms with Crippen LogP contribution in [0.2, 0.25) is 0 Å². The van der Waals surface area contributed by atoms with Crippen LogP contribution in [0.15, 0.2) is 23.4 Å². The van der Waals surface area contributed by atoms with Gasteiger partial charge in [0, 0.05) is 31.0 Å². The molecule has 1 aliphatic rings. The van der Waals surface area contributed by atoms with Gasteiger partial charge in [-0.2, -0.15) is 0 Å². The molecule has 1 N–H and O–H groups in total. The van der Waals surface area contributed by atoms with Crippen molar-refractivity contribution in [3.63, 3.8) is 0 Å². The van der Waals surface area contributed by atoms with E-state index in [0.29, 0.717) is 19.5 Å². The van der Waals surface area contributed by atoms with Gasteiger partial charge in [0.15, 0.2) is 0 Å². The molecule has 0 bridgehead atoms. The van der Waals surface area contributed by atoms with Gasteiger partial charge in [-0.25, -0.2) is 0 Å². The zero-order valence-electron chi connectivity index (χ0n) is 12.4. The van der Waals surface area contributed by atoms with Gasteiger partial charge in [0.05, 0.1) is 5.71 Å². The van der Waals surface area contributed by atoms with Crippen LogP contribution in [0.5, 0.6) is 0 Å². The molecule has 1 saturated heterocycles. The van der Waals surface area contributed by atoms with Gasteiger partial charge in [0.1, 0.15) is 0 Å². The Bertz CT molecular complexity index is 537. The summed E-state index contributed by atoms with van der Waals surface area (Å²) in [5.41, 5.74) is 3.78. The molecule has 1 heterocycles. The third kappa shape index (κ3) is 2.69. The molecule has 108 valence electrons. The van der Waals surface area contributed by atoms with Crippen LogP contribution in [-0.4, -0.2) is 34.8 Å². The molecule has 2 rings (SSSR count). The number of rotatable bonds is 2. The Balaban J connectivity index is 2.20. The third-order valence-electron chi connectivity index (χ3n) is 4.29. The SMILES string of the molecule is CCC1CN(C(=O)c2cccc(C)c2C)CC/C1=N\O. The number of oxime groups is 1. The molecule has 1 aromatic carbocycles. The Hall–Kier alpha value is -1.84. The molecule has 1 unspecified atom stereocenters. The monoisotopic (exact) mass is 274 g/mol. The Kier molecular flexibility index (Phi) is 4.42.